The van der Waals surface area contributed by atoms with Crippen molar-refractivity contribution in [2.75, 3.05) is 13.2 Å². The summed E-state index contributed by atoms with van der Waals surface area (Å²) in [5.74, 6) is 0.439. The first-order chi connectivity index (χ1) is 10.1. The monoisotopic (exact) mass is 350 g/mol. The molecular formula is C16H12BrFO3. The summed E-state index contributed by atoms with van der Waals surface area (Å²) >= 11 is 3.37. The molecule has 0 saturated carbocycles. The van der Waals surface area contributed by atoms with Crippen LogP contribution in [0.25, 0.3) is 0 Å². The molecule has 5 heteroatoms. The van der Waals surface area contributed by atoms with Crippen LogP contribution in [0.15, 0.2) is 40.9 Å². The van der Waals surface area contributed by atoms with Crippen LogP contribution in [0, 0.1) is 5.82 Å². The topological polar surface area (TPSA) is 35.5 Å². The maximum Gasteiger partial charge on any atom is 0.194 e. The van der Waals surface area contributed by atoms with Crippen LogP contribution < -0.4 is 9.47 Å². The lowest BCUT2D eigenvalue weighted by Crippen LogP contribution is -2.04. The number of hydrogen-bond donors (Lipinski definition) is 0. The summed E-state index contributed by atoms with van der Waals surface area (Å²) in [6.07, 6.45) is 0.791. The molecule has 2 aromatic rings. The highest BCUT2D eigenvalue weighted by atomic mass is 79.9. The van der Waals surface area contributed by atoms with Crippen LogP contribution in [0.5, 0.6) is 11.5 Å². The van der Waals surface area contributed by atoms with Crippen molar-refractivity contribution in [1.29, 1.82) is 0 Å². The van der Waals surface area contributed by atoms with E-state index >= 15 is 0 Å². The SMILES string of the molecule is O=C(c1cccc(F)c1)c1cc2c(cc1Br)OCCCO2. The lowest BCUT2D eigenvalue weighted by Gasteiger charge is -2.11. The molecule has 2 aromatic carbocycles. The van der Waals surface area contributed by atoms with Crippen LogP contribution >= 0.6 is 15.9 Å². The van der Waals surface area contributed by atoms with Gasteiger partial charge in [0.05, 0.1) is 13.2 Å². The number of hydrogen-bond acceptors (Lipinski definition) is 3. The average molecular weight is 351 g/mol. The molecule has 0 aromatic heterocycles. The Kier molecular flexibility index (Phi) is 3.92. The van der Waals surface area contributed by atoms with Crippen LogP contribution in [-0.4, -0.2) is 19.0 Å². The van der Waals surface area contributed by atoms with E-state index in [9.17, 15) is 9.18 Å². The number of carbonyl (C=O) groups is 1. The number of fused-ring (bicyclic) bond motifs is 1. The van der Waals surface area contributed by atoms with E-state index in [1.165, 1.54) is 18.2 Å². The third-order valence-electron chi connectivity index (χ3n) is 3.17. The number of carbonyl (C=O) groups excluding carboxylic acids is 1. The van der Waals surface area contributed by atoms with Crippen molar-refractivity contribution in [3.8, 4) is 11.5 Å². The molecule has 0 radical (unpaired) electrons. The number of ketones is 1. The molecule has 1 aliphatic heterocycles. The van der Waals surface area contributed by atoms with E-state index in [1.54, 1.807) is 18.2 Å². The Morgan fingerprint density at radius 3 is 2.52 bits per heavy atom. The molecule has 0 N–H and O–H groups in total. The van der Waals surface area contributed by atoms with Crippen molar-refractivity contribution in [3.05, 3.63) is 57.8 Å². The van der Waals surface area contributed by atoms with Crippen LogP contribution in [0.1, 0.15) is 22.3 Å². The Morgan fingerprint density at radius 2 is 1.81 bits per heavy atom. The molecular weight excluding hydrogens is 339 g/mol. The predicted octanol–water partition coefficient (Wildman–Crippen LogP) is 3.98. The van der Waals surface area contributed by atoms with Gasteiger partial charge < -0.3 is 9.47 Å². The molecule has 0 saturated heterocycles. The molecule has 1 heterocycles. The first-order valence-corrected chi connectivity index (χ1v) is 7.34. The van der Waals surface area contributed by atoms with Gasteiger partial charge in [0, 0.05) is 22.0 Å². The Hall–Kier alpha value is -1.88. The van der Waals surface area contributed by atoms with Crippen molar-refractivity contribution in [1.82, 2.24) is 0 Å². The van der Waals surface area contributed by atoms with E-state index in [1.807, 2.05) is 0 Å². The summed E-state index contributed by atoms with van der Waals surface area (Å²) in [7, 11) is 0. The number of halogens is 2. The van der Waals surface area contributed by atoms with E-state index in [4.69, 9.17) is 9.47 Å². The summed E-state index contributed by atoms with van der Waals surface area (Å²) < 4.78 is 25.0. The van der Waals surface area contributed by atoms with E-state index in [0.717, 1.165) is 6.42 Å². The fraction of sp³-hybridized carbons (Fsp3) is 0.188. The Labute approximate surface area is 129 Å². The van der Waals surface area contributed by atoms with Gasteiger partial charge in [0.1, 0.15) is 5.82 Å². The maximum absolute atomic E-state index is 13.3. The van der Waals surface area contributed by atoms with Crippen LogP contribution in [-0.2, 0) is 0 Å². The third kappa shape index (κ3) is 2.93. The largest absolute Gasteiger partial charge is 0.490 e. The highest BCUT2D eigenvalue weighted by Crippen LogP contribution is 2.36. The first-order valence-electron chi connectivity index (χ1n) is 6.54. The smallest absolute Gasteiger partial charge is 0.194 e. The fourth-order valence-electron chi connectivity index (χ4n) is 2.14. The van der Waals surface area contributed by atoms with Crippen LogP contribution in [0.4, 0.5) is 4.39 Å². The van der Waals surface area contributed by atoms with E-state index in [0.29, 0.717) is 40.3 Å². The fourth-order valence-corrected chi connectivity index (χ4v) is 2.65. The van der Waals surface area contributed by atoms with Crippen molar-refractivity contribution >= 4 is 21.7 Å². The van der Waals surface area contributed by atoms with Crippen LogP contribution in [0.3, 0.4) is 0 Å². The molecule has 0 amide bonds. The van der Waals surface area contributed by atoms with Crippen molar-refractivity contribution in [2.24, 2.45) is 0 Å². The van der Waals surface area contributed by atoms with Gasteiger partial charge in [-0.2, -0.15) is 0 Å². The minimum atomic E-state index is -0.439. The molecule has 0 aliphatic carbocycles. The summed E-state index contributed by atoms with van der Waals surface area (Å²) in [5.41, 5.74) is 0.718. The van der Waals surface area contributed by atoms with E-state index < -0.39 is 5.82 Å². The highest BCUT2D eigenvalue weighted by Gasteiger charge is 2.19. The molecule has 0 spiro atoms. The minimum Gasteiger partial charge on any atom is -0.490 e. The van der Waals surface area contributed by atoms with Crippen molar-refractivity contribution < 1.29 is 18.7 Å². The van der Waals surface area contributed by atoms with Gasteiger partial charge in [0.15, 0.2) is 17.3 Å². The lowest BCUT2D eigenvalue weighted by molar-refractivity contribution is 0.103. The summed E-state index contributed by atoms with van der Waals surface area (Å²) in [6, 6.07) is 8.98. The molecule has 3 nitrogen and oxygen atoms in total. The molecule has 0 unspecified atom stereocenters. The average Bonchev–Trinajstić information content (AvgIpc) is 2.70. The van der Waals surface area contributed by atoms with Gasteiger partial charge in [-0.25, -0.2) is 4.39 Å². The Morgan fingerprint density at radius 1 is 1.10 bits per heavy atom. The van der Waals surface area contributed by atoms with Crippen LogP contribution in [0.2, 0.25) is 0 Å². The first kappa shape index (κ1) is 14.1. The molecule has 0 bridgehead atoms. The minimum absolute atomic E-state index is 0.267. The predicted molar refractivity (Wildman–Crippen MR) is 79.6 cm³/mol. The number of ether oxygens (including phenoxy) is 2. The van der Waals surface area contributed by atoms with Gasteiger partial charge in [0.25, 0.3) is 0 Å². The Bertz CT molecular complexity index is 700. The molecule has 1 aliphatic rings. The summed E-state index contributed by atoms with van der Waals surface area (Å²) in [4.78, 5) is 12.5. The van der Waals surface area contributed by atoms with Gasteiger partial charge in [-0.3, -0.25) is 4.79 Å². The quantitative estimate of drug-likeness (QED) is 0.768. The van der Waals surface area contributed by atoms with Gasteiger partial charge in [-0.1, -0.05) is 12.1 Å². The zero-order chi connectivity index (χ0) is 14.8. The molecule has 108 valence electrons. The molecule has 21 heavy (non-hydrogen) atoms. The van der Waals surface area contributed by atoms with Crippen molar-refractivity contribution in [2.45, 2.75) is 6.42 Å². The van der Waals surface area contributed by atoms with E-state index in [2.05, 4.69) is 15.9 Å². The van der Waals surface area contributed by atoms with Gasteiger partial charge >= 0.3 is 0 Å². The molecule has 0 fully saturated rings. The summed E-state index contributed by atoms with van der Waals surface area (Å²) in [5, 5.41) is 0. The van der Waals surface area contributed by atoms with Crippen molar-refractivity contribution in [3.63, 3.8) is 0 Å². The molecule has 3 rings (SSSR count). The lowest BCUT2D eigenvalue weighted by atomic mass is 10.0. The highest BCUT2D eigenvalue weighted by molar-refractivity contribution is 9.10. The second-order valence-corrected chi connectivity index (χ2v) is 5.52. The zero-order valence-electron chi connectivity index (χ0n) is 11.1. The standard InChI is InChI=1S/C16H12BrFO3/c17-13-9-15-14(20-5-2-6-21-15)8-12(13)16(19)10-3-1-4-11(18)7-10/h1,3-4,7-9H,2,5-6H2. The summed E-state index contributed by atoms with van der Waals surface area (Å²) in [6.45, 7) is 1.12. The Balaban J connectivity index is 2.02. The second-order valence-electron chi connectivity index (χ2n) is 4.67. The van der Waals surface area contributed by atoms with Gasteiger partial charge in [-0.05, 0) is 40.2 Å². The number of rotatable bonds is 2. The molecule has 0 atom stereocenters. The van der Waals surface area contributed by atoms with Gasteiger partial charge in [-0.15, -0.1) is 0 Å². The second kappa shape index (κ2) is 5.85. The maximum atomic E-state index is 13.3. The third-order valence-corrected chi connectivity index (χ3v) is 3.82. The number of benzene rings is 2. The van der Waals surface area contributed by atoms with Gasteiger partial charge in [0.2, 0.25) is 0 Å². The zero-order valence-corrected chi connectivity index (χ0v) is 12.7. The van der Waals surface area contributed by atoms with E-state index in [-0.39, 0.29) is 5.78 Å². The normalized spacial score (nSPS) is 13.6.